The molecule has 0 unspecified atom stereocenters. The molecular formula is C14H21ClN2O. The largest absolute Gasteiger partial charge is 0.496 e. The molecule has 1 aromatic rings. The van der Waals surface area contributed by atoms with Crippen LogP contribution in [0.25, 0.3) is 0 Å². The molecule has 1 saturated carbocycles. The minimum Gasteiger partial charge on any atom is -0.496 e. The van der Waals surface area contributed by atoms with Crippen LogP contribution in [0.4, 0.5) is 0 Å². The third-order valence-electron chi connectivity index (χ3n) is 3.52. The first-order chi connectivity index (χ1) is 8.69. The lowest BCUT2D eigenvalue weighted by atomic mass is 9.81. The summed E-state index contributed by atoms with van der Waals surface area (Å²) in [5.41, 5.74) is 6.92. The second-order valence-electron chi connectivity index (χ2n) is 5.01. The molecule has 1 aromatic carbocycles. The highest BCUT2D eigenvalue weighted by molar-refractivity contribution is 6.30. The van der Waals surface area contributed by atoms with E-state index in [9.17, 15) is 0 Å². The summed E-state index contributed by atoms with van der Waals surface area (Å²) in [5.74, 6) is 1.67. The molecule has 2 rings (SSSR count). The Morgan fingerprint density at radius 3 is 2.89 bits per heavy atom. The fourth-order valence-electron chi connectivity index (χ4n) is 2.43. The molecule has 0 saturated heterocycles. The monoisotopic (exact) mass is 268 g/mol. The van der Waals surface area contributed by atoms with Crippen molar-refractivity contribution in [2.45, 2.75) is 25.3 Å². The Hall–Kier alpha value is -0.770. The molecule has 1 aliphatic carbocycles. The van der Waals surface area contributed by atoms with Crippen molar-refractivity contribution in [1.29, 1.82) is 0 Å². The SMILES string of the molecule is COc1ccc(Cl)cc1CCNCC1CC(N)C1. The maximum atomic E-state index is 5.99. The zero-order valence-corrected chi connectivity index (χ0v) is 11.5. The molecule has 0 spiro atoms. The van der Waals surface area contributed by atoms with E-state index in [-0.39, 0.29) is 0 Å². The van der Waals surface area contributed by atoms with Gasteiger partial charge in [-0.15, -0.1) is 0 Å². The predicted molar refractivity (Wildman–Crippen MR) is 75.3 cm³/mol. The van der Waals surface area contributed by atoms with E-state index in [0.717, 1.165) is 54.6 Å². The van der Waals surface area contributed by atoms with Gasteiger partial charge in [0.2, 0.25) is 0 Å². The normalized spacial score (nSPS) is 22.6. The van der Waals surface area contributed by atoms with Crippen molar-refractivity contribution < 1.29 is 4.74 Å². The van der Waals surface area contributed by atoms with Gasteiger partial charge >= 0.3 is 0 Å². The Labute approximate surface area is 114 Å². The lowest BCUT2D eigenvalue weighted by molar-refractivity contribution is 0.257. The van der Waals surface area contributed by atoms with Crippen LogP contribution in [-0.4, -0.2) is 26.2 Å². The van der Waals surface area contributed by atoms with Crippen LogP contribution >= 0.6 is 11.6 Å². The van der Waals surface area contributed by atoms with Crippen LogP contribution in [0.5, 0.6) is 5.75 Å². The van der Waals surface area contributed by atoms with Crippen LogP contribution in [0.2, 0.25) is 5.02 Å². The van der Waals surface area contributed by atoms with E-state index in [1.165, 1.54) is 0 Å². The number of nitrogens with one attached hydrogen (secondary N) is 1. The number of hydrogen-bond acceptors (Lipinski definition) is 3. The van der Waals surface area contributed by atoms with Gasteiger partial charge in [0.15, 0.2) is 0 Å². The van der Waals surface area contributed by atoms with Crippen molar-refractivity contribution in [3.63, 3.8) is 0 Å². The highest BCUT2D eigenvalue weighted by Crippen LogP contribution is 2.25. The summed E-state index contributed by atoms with van der Waals surface area (Å²) >= 11 is 5.99. The number of rotatable bonds is 6. The lowest BCUT2D eigenvalue weighted by Gasteiger charge is -2.32. The zero-order valence-electron chi connectivity index (χ0n) is 10.8. The van der Waals surface area contributed by atoms with Gasteiger partial charge in [0, 0.05) is 11.1 Å². The fourth-order valence-corrected chi connectivity index (χ4v) is 2.62. The van der Waals surface area contributed by atoms with Gasteiger partial charge in [-0.05, 0) is 62.0 Å². The summed E-state index contributed by atoms with van der Waals surface area (Å²) in [4.78, 5) is 0. The molecule has 1 fully saturated rings. The maximum Gasteiger partial charge on any atom is 0.122 e. The summed E-state index contributed by atoms with van der Waals surface area (Å²) < 4.78 is 5.32. The van der Waals surface area contributed by atoms with E-state index in [0.29, 0.717) is 6.04 Å². The number of methoxy groups -OCH3 is 1. The summed E-state index contributed by atoms with van der Waals surface area (Å²) in [6.45, 7) is 2.01. The van der Waals surface area contributed by atoms with Gasteiger partial charge in [0.1, 0.15) is 5.75 Å². The molecule has 0 heterocycles. The Kier molecular flexibility index (Phi) is 4.87. The van der Waals surface area contributed by atoms with Gasteiger partial charge in [-0.3, -0.25) is 0 Å². The first kappa shape index (κ1) is 13.7. The average molecular weight is 269 g/mol. The van der Waals surface area contributed by atoms with Crippen molar-refractivity contribution in [2.24, 2.45) is 11.7 Å². The lowest BCUT2D eigenvalue weighted by Crippen LogP contribution is -2.41. The molecule has 3 nitrogen and oxygen atoms in total. The number of hydrogen-bond donors (Lipinski definition) is 2. The van der Waals surface area contributed by atoms with Gasteiger partial charge in [-0.1, -0.05) is 11.6 Å². The summed E-state index contributed by atoms with van der Waals surface area (Å²) in [6, 6.07) is 6.18. The third-order valence-corrected chi connectivity index (χ3v) is 3.75. The van der Waals surface area contributed by atoms with Crippen LogP contribution in [0.1, 0.15) is 18.4 Å². The van der Waals surface area contributed by atoms with Crippen LogP contribution in [0.15, 0.2) is 18.2 Å². The quantitative estimate of drug-likeness (QED) is 0.778. The molecule has 0 aliphatic heterocycles. The Morgan fingerprint density at radius 2 is 2.22 bits per heavy atom. The third kappa shape index (κ3) is 3.61. The molecule has 0 bridgehead atoms. The minimum absolute atomic E-state index is 0.435. The van der Waals surface area contributed by atoms with Crippen molar-refractivity contribution in [1.82, 2.24) is 5.32 Å². The zero-order chi connectivity index (χ0) is 13.0. The number of benzene rings is 1. The van der Waals surface area contributed by atoms with E-state index in [2.05, 4.69) is 5.32 Å². The second kappa shape index (κ2) is 6.41. The highest BCUT2D eigenvalue weighted by Gasteiger charge is 2.24. The Balaban J connectivity index is 1.74. The molecule has 4 heteroatoms. The van der Waals surface area contributed by atoms with Crippen molar-refractivity contribution in [2.75, 3.05) is 20.2 Å². The standard InChI is InChI=1S/C14H21ClN2O/c1-18-14-3-2-12(15)8-11(14)4-5-17-9-10-6-13(16)7-10/h2-3,8,10,13,17H,4-7,9,16H2,1H3. The number of nitrogens with two attached hydrogens (primary N) is 1. The average Bonchev–Trinajstić information content (AvgIpc) is 2.32. The van der Waals surface area contributed by atoms with Gasteiger partial charge in [-0.25, -0.2) is 0 Å². The molecule has 0 radical (unpaired) electrons. The van der Waals surface area contributed by atoms with Crippen LogP contribution in [-0.2, 0) is 6.42 Å². The first-order valence-corrected chi connectivity index (χ1v) is 6.85. The fraction of sp³-hybridized carbons (Fsp3) is 0.571. The maximum absolute atomic E-state index is 5.99. The predicted octanol–water partition coefficient (Wildman–Crippen LogP) is 2.22. The Morgan fingerprint density at radius 1 is 1.44 bits per heavy atom. The first-order valence-electron chi connectivity index (χ1n) is 6.47. The summed E-state index contributed by atoms with van der Waals surface area (Å²) in [6.07, 6.45) is 3.25. The van der Waals surface area contributed by atoms with E-state index < -0.39 is 0 Å². The number of ether oxygens (including phenoxy) is 1. The molecule has 3 N–H and O–H groups in total. The molecule has 100 valence electrons. The summed E-state index contributed by atoms with van der Waals surface area (Å²) in [7, 11) is 1.69. The molecule has 0 amide bonds. The van der Waals surface area contributed by atoms with Crippen LogP contribution in [0, 0.1) is 5.92 Å². The van der Waals surface area contributed by atoms with E-state index in [1.807, 2.05) is 18.2 Å². The van der Waals surface area contributed by atoms with E-state index in [4.69, 9.17) is 22.1 Å². The van der Waals surface area contributed by atoms with Gasteiger partial charge in [0.25, 0.3) is 0 Å². The van der Waals surface area contributed by atoms with E-state index in [1.54, 1.807) is 7.11 Å². The van der Waals surface area contributed by atoms with Crippen molar-refractivity contribution in [3.05, 3.63) is 28.8 Å². The summed E-state index contributed by atoms with van der Waals surface area (Å²) in [5, 5.41) is 4.23. The minimum atomic E-state index is 0.435. The molecule has 0 aromatic heterocycles. The highest BCUT2D eigenvalue weighted by atomic mass is 35.5. The molecular weight excluding hydrogens is 248 g/mol. The molecule has 1 aliphatic rings. The second-order valence-corrected chi connectivity index (χ2v) is 5.44. The van der Waals surface area contributed by atoms with Crippen LogP contribution in [0.3, 0.4) is 0 Å². The molecule has 0 atom stereocenters. The van der Waals surface area contributed by atoms with Crippen molar-refractivity contribution >= 4 is 11.6 Å². The topological polar surface area (TPSA) is 47.3 Å². The molecule has 18 heavy (non-hydrogen) atoms. The van der Waals surface area contributed by atoms with Gasteiger partial charge in [-0.2, -0.15) is 0 Å². The van der Waals surface area contributed by atoms with Crippen LogP contribution < -0.4 is 15.8 Å². The van der Waals surface area contributed by atoms with Gasteiger partial charge in [0.05, 0.1) is 7.11 Å². The van der Waals surface area contributed by atoms with Gasteiger partial charge < -0.3 is 15.8 Å². The Bertz CT molecular complexity index is 391. The number of halogens is 1. The smallest absolute Gasteiger partial charge is 0.122 e. The van der Waals surface area contributed by atoms with Crippen molar-refractivity contribution in [3.8, 4) is 5.75 Å². The van der Waals surface area contributed by atoms with E-state index >= 15 is 0 Å².